The zero-order valence-corrected chi connectivity index (χ0v) is 16.7. The number of rotatable bonds is 7. The summed E-state index contributed by atoms with van der Waals surface area (Å²) in [5.41, 5.74) is 2.79. The van der Waals surface area contributed by atoms with E-state index in [1.165, 1.54) is 56.1 Å². The summed E-state index contributed by atoms with van der Waals surface area (Å²) < 4.78 is 12.0. The molecule has 2 aliphatic rings. The summed E-state index contributed by atoms with van der Waals surface area (Å²) in [6.45, 7) is 6.05. The summed E-state index contributed by atoms with van der Waals surface area (Å²) in [7, 11) is 0. The zero-order chi connectivity index (χ0) is 18.2. The summed E-state index contributed by atoms with van der Waals surface area (Å²) >= 11 is 0. The smallest absolute Gasteiger partial charge is 0.0825 e. The van der Waals surface area contributed by atoms with E-state index in [4.69, 9.17) is 9.47 Å². The van der Waals surface area contributed by atoms with Crippen LogP contribution in [-0.4, -0.2) is 19.3 Å². The van der Waals surface area contributed by atoms with Crippen LogP contribution in [0.25, 0.3) is 0 Å². The second-order valence-corrected chi connectivity index (χ2v) is 8.03. The molecule has 1 saturated carbocycles. The van der Waals surface area contributed by atoms with Gasteiger partial charge in [0.15, 0.2) is 0 Å². The Labute approximate surface area is 160 Å². The quantitative estimate of drug-likeness (QED) is 0.537. The highest BCUT2D eigenvalue weighted by atomic mass is 16.5. The molecule has 1 aromatic carbocycles. The van der Waals surface area contributed by atoms with Gasteiger partial charge in [0, 0.05) is 12.5 Å². The molecule has 0 aromatic heterocycles. The predicted octanol–water partition coefficient (Wildman–Crippen LogP) is 6.26. The molecule has 26 heavy (non-hydrogen) atoms. The molecule has 1 aliphatic carbocycles. The zero-order valence-electron chi connectivity index (χ0n) is 16.7. The molecule has 2 unspecified atom stereocenters. The minimum Gasteiger partial charge on any atom is -0.379 e. The van der Waals surface area contributed by atoms with Crippen molar-refractivity contribution in [2.45, 2.75) is 77.4 Å². The second kappa shape index (κ2) is 10.3. The molecule has 3 rings (SSSR count). The van der Waals surface area contributed by atoms with Gasteiger partial charge in [-0.05, 0) is 68.9 Å². The maximum Gasteiger partial charge on any atom is 0.0825 e. The van der Waals surface area contributed by atoms with Crippen molar-refractivity contribution in [1.29, 1.82) is 0 Å². The highest BCUT2D eigenvalue weighted by Gasteiger charge is 2.23. The third kappa shape index (κ3) is 5.69. The van der Waals surface area contributed by atoms with Gasteiger partial charge in [-0.1, -0.05) is 49.8 Å². The van der Waals surface area contributed by atoms with E-state index in [1.54, 1.807) is 0 Å². The van der Waals surface area contributed by atoms with Gasteiger partial charge < -0.3 is 9.47 Å². The fraction of sp³-hybridized carbons (Fsp3) is 0.667. The molecule has 0 amide bonds. The molecule has 144 valence electrons. The molecule has 1 aromatic rings. The van der Waals surface area contributed by atoms with Crippen LogP contribution in [0.4, 0.5) is 0 Å². The van der Waals surface area contributed by atoms with Crippen LogP contribution in [-0.2, 0) is 15.9 Å². The van der Waals surface area contributed by atoms with Gasteiger partial charge in [0.1, 0.15) is 0 Å². The Kier molecular flexibility index (Phi) is 7.76. The number of ether oxygens (including phenoxy) is 2. The van der Waals surface area contributed by atoms with Crippen LogP contribution >= 0.6 is 0 Å². The lowest BCUT2D eigenvalue weighted by Crippen LogP contribution is -2.22. The Balaban J connectivity index is 1.41. The van der Waals surface area contributed by atoms with Crippen LogP contribution in [0, 0.1) is 11.8 Å². The average molecular weight is 357 g/mol. The van der Waals surface area contributed by atoms with Gasteiger partial charge in [-0.15, -0.1) is 0 Å². The summed E-state index contributed by atoms with van der Waals surface area (Å²) in [4.78, 5) is 0. The van der Waals surface area contributed by atoms with Crippen molar-refractivity contribution in [1.82, 2.24) is 0 Å². The topological polar surface area (TPSA) is 18.5 Å². The standard InChI is InChI=1S/C24H36O2/c1-3-5-19-8-13-22(14-9-19)24-17-12-21(18-26-24)7-6-20-10-15-23(16-11-20)25-4-2/h6-9,13-14,20-21,23-24H,3-5,10-12,15-18H2,1-2H3/b7-6+. The van der Waals surface area contributed by atoms with E-state index >= 15 is 0 Å². The number of allylic oxidation sites excluding steroid dienone is 1. The lowest BCUT2D eigenvalue weighted by atomic mass is 9.85. The Morgan fingerprint density at radius 3 is 2.23 bits per heavy atom. The van der Waals surface area contributed by atoms with Crippen LogP contribution in [0.1, 0.15) is 76.0 Å². The van der Waals surface area contributed by atoms with Crippen LogP contribution in [0.15, 0.2) is 36.4 Å². The van der Waals surface area contributed by atoms with Crippen LogP contribution in [0.2, 0.25) is 0 Å². The lowest BCUT2D eigenvalue weighted by molar-refractivity contribution is -0.00549. The molecular formula is C24H36O2. The van der Waals surface area contributed by atoms with Gasteiger partial charge in [-0.2, -0.15) is 0 Å². The fourth-order valence-electron chi connectivity index (χ4n) is 4.37. The first-order valence-electron chi connectivity index (χ1n) is 10.8. The van der Waals surface area contributed by atoms with Crippen LogP contribution in [0.3, 0.4) is 0 Å². The van der Waals surface area contributed by atoms with Crippen molar-refractivity contribution in [3.05, 3.63) is 47.5 Å². The Morgan fingerprint density at radius 2 is 1.62 bits per heavy atom. The molecule has 1 aliphatic heterocycles. The highest BCUT2D eigenvalue weighted by Crippen LogP contribution is 2.33. The lowest BCUT2D eigenvalue weighted by Gasteiger charge is -2.29. The van der Waals surface area contributed by atoms with E-state index in [-0.39, 0.29) is 6.10 Å². The van der Waals surface area contributed by atoms with E-state index in [9.17, 15) is 0 Å². The monoisotopic (exact) mass is 356 g/mol. The third-order valence-electron chi connectivity index (χ3n) is 5.98. The molecule has 0 radical (unpaired) electrons. The largest absolute Gasteiger partial charge is 0.379 e. The molecule has 2 heteroatoms. The van der Waals surface area contributed by atoms with Crippen molar-refractivity contribution in [3.63, 3.8) is 0 Å². The van der Waals surface area contributed by atoms with Gasteiger partial charge >= 0.3 is 0 Å². The maximum absolute atomic E-state index is 6.19. The number of hydrogen-bond donors (Lipinski definition) is 0. The summed E-state index contributed by atoms with van der Waals surface area (Å²) in [6, 6.07) is 9.07. The SMILES string of the molecule is CCCc1ccc(C2CCC(/C=C/C3CCC(OCC)CC3)CO2)cc1. The van der Waals surface area contributed by atoms with Gasteiger partial charge in [-0.3, -0.25) is 0 Å². The molecule has 1 heterocycles. The van der Waals surface area contributed by atoms with Crippen molar-refractivity contribution < 1.29 is 9.47 Å². The molecular weight excluding hydrogens is 320 g/mol. The van der Waals surface area contributed by atoms with Crippen molar-refractivity contribution in [2.24, 2.45) is 11.8 Å². The van der Waals surface area contributed by atoms with Crippen molar-refractivity contribution in [2.75, 3.05) is 13.2 Å². The Bertz CT molecular complexity index is 532. The second-order valence-electron chi connectivity index (χ2n) is 8.03. The fourth-order valence-corrected chi connectivity index (χ4v) is 4.37. The van der Waals surface area contributed by atoms with Crippen molar-refractivity contribution in [3.8, 4) is 0 Å². The van der Waals surface area contributed by atoms with E-state index in [1.807, 2.05) is 0 Å². The van der Waals surface area contributed by atoms with Gasteiger partial charge in [0.05, 0.1) is 18.8 Å². The number of aryl methyl sites for hydroxylation is 1. The minimum atomic E-state index is 0.289. The first-order chi connectivity index (χ1) is 12.8. The van der Waals surface area contributed by atoms with E-state index in [2.05, 4.69) is 50.3 Å². The normalized spacial score (nSPS) is 29.9. The first kappa shape index (κ1) is 19.6. The molecule has 2 fully saturated rings. The van der Waals surface area contributed by atoms with Crippen LogP contribution < -0.4 is 0 Å². The van der Waals surface area contributed by atoms with Gasteiger partial charge in [0.25, 0.3) is 0 Å². The molecule has 0 spiro atoms. The van der Waals surface area contributed by atoms with Gasteiger partial charge in [0.2, 0.25) is 0 Å². The van der Waals surface area contributed by atoms with E-state index in [0.29, 0.717) is 12.0 Å². The third-order valence-corrected chi connectivity index (χ3v) is 5.98. The average Bonchev–Trinajstić information content (AvgIpc) is 2.69. The minimum absolute atomic E-state index is 0.289. The molecule has 0 bridgehead atoms. The summed E-state index contributed by atoms with van der Waals surface area (Å²) in [6.07, 6.45) is 15.5. The van der Waals surface area contributed by atoms with E-state index in [0.717, 1.165) is 25.6 Å². The number of hydrogen-bond acceptors (Lipinski definition) is 2. The Morgan fingerprint density at radius 1 is 0.923 bits per heavy atom. The van der Waals surface area contributed by atoms with Gasteiger partial charge in [-0.25, -0.2) is 0 Å². The summed E-state index contributed by atoms with van der Waals surface area (Å²) in [5, 5.41) is 0. The molecule has 0 N–H and O–H groups in total. The highest BCUT2D eigenvalue weighted by molar-refractivity contribution is 5.24. The van der Waals surface area contributed by atoms with Crippen LogP contribution in [0.5, 0.6) is 0 Å². The summed E-state index contributed by atoms with van der Waals surface area (Å²) in [5.74, 6) is 1.34. The Hall–Kier alpha value is -1.12. The number of benzene rings is 1. The molecule has 1 saturated heterocycles. The molecule has 2 atom stereocenters. The van der Waals surface area contributed by atoms with E-state index < -0.39 is 0 Å². The first-order valence-corrected chi connectivity index (χ1v) is 10.8. The predicted molar refractivity (Wildman–Crippen MR) is 108 cm³/mol. The molecule has 2 nitrogen and oxygen atoms in total. The van der Waals surface area contributed by atoms with Crippen molar-refractivity contribution >= 4 is 0 Å². The maximum atomic E-state index is 6.19.